The standard InChI is InChI=1S/C24H32N2O12.Fe/c27-9-15-1-13(21(33)4-22(15)34)5-25(7-23(35)36)17(11-29)18(12-30)26(8-24(37)38)6-14-2-20(32)16(10-28)3-19(14)31;/h1-4,17-18,27-34H,5-12H2,(H,35,36)(H,37,38);/q;+2. The largest absolute Gasteiger partial charge is 2.00 e. The first-order valence-corrected chi connectivity index (χ1v) is 11.4. The predicted octanol–water partition coefficient (Wildman–Crippen LogP) is -1.31. The number of carboxylic acid groups (broad SMARTS) is 2. The molecule has 10 N–H and O–H groups in total. The molecule has 0 aliphatic rings. The van der Waals surface area contributed by atoms with Gasteiger partial charge in [-0.1, -0.05) is 0 Å². The number of aromatic hydroxyl groups is 4. The number of phenolic OH excluding ortho intramolecular Hbond substituents is 2. The molecule has 0 fully saturated rings. The normalized spacial score (nSPS) is 12.8. The number of nitrogens with zero attached hydrogens (tertiary/aromatic N) is 2. The second kappa shape index (κ2) is 15.5. The number of benzene rings is 2. The fraction of sp³-hybridized carbons (Fsp3) is 0.417. The summed E-state index contributed by atoms with van der Waals surface area (Å²) >= 11 is 0. The van der Waals surface area contributed by atoms with Crippen molar-refractivity contribution < 1.29 is 77.7 Å². The van der Waals surface area contributed by atoms with Gasteiger partial charge in [-0.25, -0.2) is 0 Å². The number of aliphatic carboxylic acids is 2. The Kier molecular flexibility index (Phi) is 13.4. The molecule has 0 saturated carbocycles. The van der Waals surface area contributed by atoms with Crippen molar-refractivity contribution in [2.24, 2.45) is 0 Å². The van der Waals surface area contributed by atoms with Gasteiger partial charge in [0.1, 0.15) is 23.0 Å². The number of hydrogen-bond donors (Lipinski definition) is 10. The first-order valence-electron chi connectivity index (χ1n) is 11.4. The van der Waals surface area contributed by atoms with Gasteiger partial charge in [-0.2, -0.15) is 0 Å². The molecule has 14 nitrogen and oxygen atoms in total. The van der Waals surface area contributed by atoms with E-state index in [4.69, 9.17) is 0 Å². The van der Waals surface area contributed by atoms with Gasteiger partial charge in [-0.15, -0.1) is 0 Å². The van der Waals surface area contributed by atoms with Gasteiger partial charge in [-0.05, 0) is 18.2 Å². The number of carboxylic acids is 2. The van der Waals surface area contributed by atoms with Gasteiger partial charge in [0, 0.05) is 41.4 Å². The molecule has 2 aromatic rings. The Labute approximate surface area is 233 Å². The number of hydrogen-bond acceptors (Lipinski definition) is 12. The summed E-state index contributed by atoms with van der Waals surface area (Å²) in [6.45, 7) is -4.82. The number of aliphatic hydroxyl groups excluding tert-OH is 4. The van der Waals surface area contributed by atoms with Gasteiger partial charge in [0.25, 0.3) is 0 Å². The molecular weight excluding hydrogens is 564 g/mol. The third-order valence-corrected chi connectivity index (χ3v) is 6.08. The summed E-state index contributed by atoms with van der Waals surface area (Å²) in [6.07, 6.45) is 0. The molecule has 0 saturated heterocycles. The Morgan fingerprint density at radius 1 is 0.590 bits per heavy atom. The van der Waals surface area contributed by atoms with Crippen LogP contribution in [0.25, 0.3) is 0 Å². The molecule has 0 aliphatic carbocycles. The van der Waals surface area contributed by atoms with Gasteiger partial charge in [0.2, 0.25) is 0 Å². The molecule has 216 valence electrons. The van der Waals surface area contributed by atoms with E-state index in [9.17, 15) is 60.7 Å². The number of phenols is 4. The minimum atomic E-state index is -1.34. The van der Waals surface area contributed by atoms with Crippen molar-refractivity contribution in [3.63, 3.8) is 0 Å². The zero-order chi connectivity index (χ0) is 28.6. The molecule has 2 unspecified atom stereocenters. The summed E-state index contributed by atoms with van der Waals surface area (Å²) in [5.41, 5.74) is 0.174. The quantitative estimate of drug-likeness (QED) is 0.0848. The average molecular weight is 596 g/mol. The maximum absolute atomic E-state index is 11.7. The van der Waals surface area contributed by atoms with E-state index in [1.165, 1.54) is 6.07 Å². The van der Waals surface area contributed by atoms with Crippen LogP contribution >= 0.6 is 0 Å². The van der Waals surface area contributed by atoms with Crippen molar-refractivity contribution >= 4 is 11.9 Å². The summed E-state index contributed by atoms with van der Waals surface area (Å²) in [6, 6.07) is 1.93. The van der Waals surface area contributed by atoms with E-state index >= 15 is 0 Å². The Bertz CT molecular complexity index is 1130. The van der Waals surface area contributed by atoms with Crippen LogP contribution in [0.3, 0.4) is 0 Å². The molecule has 39 heavy (non-hydrogen) atoms. The summed E-state index contributed by atoms with van der Waals surface area (Å²) in [5.74, 6) is -4.26. The molecule has 0 amide bonds. The summed E-state index contributed by atoms with van der Waals surface area (Å²) < 4.78 is 0. The zero-order valence-corrected chi connectivity index (χ0v) is 21.8. The third-order valence-electron chi connectivity index (χ3n) is 6.08. The monoisotopic (exact) mass is 596 g/mol. The second-order valence-corrected chi connectivity index (χ2v) is 8.63. The molecule has 2 rings (SSSR count). The van der Waals surface area contributed by atoms with E-state index in [2.05, 4.69) is 0 Å². The van der Waals surface area contributed by atoms with E-state index < -0.39 is 75.0 Å². The first-order chi connectivity index (χ1) is 17.9. The van der Waals surface area contributed by atoms with E-state index in [1.54, 1.807) is 0 Å². The average Bonchev–Trinajstić information content (AvgIpc) is 2.84. The van der Waals surface area contributed by atoms with Crippen LogP contribution in [0.4, 0.5) is 0 Å². The number of carbonyl (C=O) groups is 2. The van der Waals surface area contributed by atoms with Gasteiger partial charge in [-0.3, -0.25) is 19.4 Å². The fourth-order valence-corrected chi connectivity index (χ4v) is 4.17. The summed E-state index contributed by atoms with van der Waals surface area (Å²) in [5, 5.41) is 98.7. The van der Waals surface area contributed by atoms with Crippen LogP contribution in [0.2, 0.25) is 0 Å². The van der Waals surface area contributed by atoms with Crippen LogP contribution in [-0.2, 0) is 53.0 Å². The number of aliphatic hydroxyl groups is 4. The topological polar surface area (TPSA) is 243 Å². The van der Waals surface area contributed by atoms with Crippen molar-refractivity contribution in [3.8, 4) is 23.0 Å². The van der Waals surface area contributed by atoms with E-state index in [0.29, 0.717) is 0 Å². The van der Waals surface area contributed by atoms with Crippen LogP contribution in [-0.4, -0.2) is 111 Å². The van der Waals surface area contributed by atoms with E-state index in [-0.39, 0.29) is 63.9 Å². The second-order valence-electron chi connectivity index (χ2n) is 8.63. The van der Waals surface area contributed by atoms with Crippen molar-refractivity contribution in [2.75, 3.05) is 26.3 Å². The summed E-state index contributed by atoms with van der Waals surface area (Å²) in [4.78, 5) is 25.6. The maximum Gasteiger partial charge on any atom is 2.00 e. The van der Waals surface area contributed by atoms with Crippen molar-refractivity contribution in [1.29, 1.82) is 0 Å². The molecule has 0 aliphatic heterocycles. The Morgan fingerprint density at radius 3 is 1.33 bits per heavy atom. The molecule has 2 aromatic carbocycles. The van der Waals surface area contributed by atoms with Gasteiger partial charge >= 0.3 is 29.0 Å². The van der Waals surface area contributed by atoms with Crippen molar-refractivity contribution in [2.45, 2.75) is 38.4 Å². The molecule has 0 radical (unpaired) electrons. The maximum atomic E-state index is 11.7. The van der Waals surface area contributed by atoms with E-state index in [0.717, 1.165) is 28.0 Å². The molecule has 0 spiro atoms. The minimum Gasteiger partial charge on any atom is -0.508 e. The molecule has 0 aromatic heterocycles. The van der Waals surface area contributed by atoms with Crippen LogP contribution in [0.1, 0.15) is 22.3 Å². The number of rotatable bonds is 15. The molecule has 15 heteroatoms. The molecular formula is C24H32FeN2O12+2. The minimum absolute atomic E-state index is 0. The Hall–Kier alpha value is -3.14. The van der Waals surface area contributed by atoms with Gasteiger partial charge in [0.15, 0.2) is 0 Å². The Balaban J connectivity index is 0.00000760. The summed E-state index contributed by atoms with van der Waals surface area (Å²) in [7, 11) is 0. The van der Waals surface area contributed by atoms with Gasteiger partial charge < -0.3 is 51.1 Å². The molecule has 2 atom stereocenters. The van der Waals surface area contributed by atoms with Crippen LogP contribution in [0.5, 0.6) is 23.0 Å². The third kappa shape index (κ3) is 8.95. The van der Waals surface area contributed by atoms with Crippen LogP contribution in [0.15, 0.2) is 24.3 Å². The van der Waals surface area contributed by atoms with E-state index in [1.807, 2.05) is 0 Å². The molecule has 0 heterocycles. The van der Waals surface area contributed by atoms with Crippen LogP contribution in [0, 0.1) is 0 Å². The Morgan fingerprint density at radius 2 is 0.923 bits per heavy atom. The first kappa shape index (κ1) is 33.9. The zero-order valence-electron chi connectivity index (χ0n) is 20.7. The van der Waals surface area contributed by atoms with Crippen LogP contribution < -0.4 is 0 Å². The van der Waals surface area contributed by atoms with Gasteiger partial charge in [0.05, 0.1) is 51.6 Å². The SMILES string of the molecule is O=C(O)CN(Cc1cc(O)c(CO)cc1O)C(CO)C(CO)N(CC(=O)O)Cc1cc(CO)c(O)cc1O.[Fe+2]. The molecule has 0 bridgehead atoms. The predicted molar refractivity (Wildman–Crippen MR) is 129 cm³/mol. The van der Waals surface area contributed by atoms with Crippen molar-refractivity contribution in [3.05, 3.63) is 46.5 Å². The van der Waals surface area contributed by atoms with Crippen molar-refractivity contribution in [1.82, 2.24) is 9.80 Å². The smallest absolute Gasteiger partial charge is 0.508 e. The fourth-order valence-electron chi connectivity index (χ4n) is 4.17.